The Morgan fingerprint density at radius 1 is 1.44 bits per heavy atom. The summed E-state index contributed by atoms with van der Waals surface area (Å²) in [7, 11) is 0. The van der Waals surface area contributed by atoms with Crippen LogP contribution in [0.4, 0.5) is 13.2 Å². The van der Waals surface area contributed by atoms with Crippen LogP contribution in [0.2, 0.25) is 0 Å². The second kappa shape index (κ2) is 4.19. The largest absolute Gasteiger partial charge is 0.481 e. The lowest BCUT2D eigenvalue weighted by atomic mass is 9.89. The zero-order valence-electron chi connectivity index (χ0n) is 9.49. The third-order valence-electron chi connectivity index (χ3n) is 2.92. The van der Waals surface area contributed by atoms with Gasteiger partial charge in [0.15, 0.2) is 0 Å². The van der Waals surface area contributed by atoms with Crippen LogP contribution in [0.1, 0.15) is 11.1 Å². The molecule has 3 nitrogen and oxygen atoms in total. The fourth-order valence-corrected chi connectivity index (χ4v) is 2.06. The molecule has 0 spiro atoms. The fourth-order valence-electron chi connectivity index (χ4n) is 2.06. The molecule has 0 fully saturated rings. The molecule has 18 heavy (non-hydrogen) atoms. The molecule has 0 saturated heterocycles. The lowest BCUT2D eigenvalue weighted by Gasteiger charge is -2.32. The fraction of sp³-hybridized carbons (Fsp3) is 0.417. The Kier molecular flexibility index (Phi) is 2.96. The normalized spacial score (nSPS) is 23.1. The second-order valence-electron chi connectivity index (χ2n) is 4.34. The highest BCUT2D eigenvalue weighted by Gasteiger charge is 2.52. The summed E-state index contributed by atoms with van der Waals surface area (Å²) in [6, 6.07) is 4.73. The Labute approximate surface area is 101 Å². The molecule has 1 aliphatic heterocycles. The number of halogens is 3. The van der Waals surface area contributed by atoms with Gasteiger partial charge in [0, 0.05) is 0 Å². The lowest BCUT2D eigenvalue weighted by Crippen LogP contribution is -2.47. The second-order valence-corrected chi connectivity index (χ2v) is 4.34. The minimum atomic E-state index is -4.69. The number of rotatable bonds is 1. The number of hydrogen-bond acceptors (Lipinski definition) is 2. The molecule has 2 rings (SSSR count). The van der Waals surface area contributed by atoms with E-state index in [1.54, 1.807) is 19.1 Å². The third kappa shape index (κ3) is 2.27. The van der Waals surface area contributed by atoms with E-state index in [-0.39, 0.29) is 12.2 Å². The smallest absolute Gasteiger partial charge is 0.426 e. The van der Waals surface area contributed by atoms with Crippen LogP contribution in [0.3, 0.4) is 0 Å². The molecule has 1 aromatic carbocycles. The van der Waals surface area contributed by atoms with Gasteiger partial charge in [0.2, 0.25) is 6.10 Å². The van der Waals surface area contributed by atoms with Crippen LogP contribution in [0.5, 0.6) is 5.75 Å². The topological polar surface area (TPSA) is 46.5 Å². The van der Waals surface area contributed by atoms with E-state index < -0.39 is 24.2 Å². The Morgan fingerprint density at radius 3 is 2.67 bits per heavy atom. The maximum atomic E-state index is 12.7. The molecular weight excluding hydrogens is 249 g/mol. The summed E-state index contributed by atoms with van der Waals surface area (Å²) in [6.07, 6.45) is -7.15. The lowest BCUT2D eigenvalue weighted by molar-refractivity contribution is -0.217. The van der Waals surface area contributed by atoms with Crippen molar-refractivity contribution >= 4 is 5.97 Å². The standard InChI is InChI=1S/C12H11F3O3/c1-6-2-3-9-7(4-6)5-8(11(16)17)10(18-9)12(13,14)15/h2-4,8,10H,5H2,1H3,(H,16,17). The van der Waals surface area contributed by atoms with Crippen molar-refractivity contribution < 1.29 is 27.8 Å². The van der Waals surface area contributed by atoms with Crippen molar-refractivity contribution in [1.29, 1.82) is 0 Å². The van der Waals surface area contributed by atoms with Crippen LogP contribution in [0.25, 0.3) is 0 Å². The molecule has 98 valence electrons. The Hall–Kier alpha value is -1.72. The van der Waals surface area contributed by atoms with Gasteiger partial charge in [-0.15, -0.1) is 0 Å². The molecule has 6 heteroatoms. The van der Waals surface area contributed by atoms with Crippen molar-refractivity contribution in [2.24, 2.45) is 5.92 Å². The summed E-state index contributed by atoms with van der Waals surface area (Å²) >= 11 is 0. The number of hydrogen-bond donors (Lipinski definition) is 1. The average Bonchev–Trinajstić information content (AvgIpc) is 2.25. The molecule has 0 radical (unpaired) electrons. The summed E-state index contributed by atoms with van der Waals surface area (Å²) < 4.78 is 43.0. The molecule has 1 heterocycles. The van der Waals surface area contributed by atoms with Crippen LogP contribution in [0, 0.1) is 12.8 Å². The highest BCUT2D eigenvalue weighted by Crippen LogP contribution is 2.38. The molecule has 1 aromatic rings. The number of benzene rings is 1. The predicted octanol–water partition coefficient (Wildman–Crippen LogP) is 2.56. The van der Waals surface area contributed by atoms with Gasteiger partial charge in [-0.1, -0.05) is 17.7 Å². The highest BCUT2D eigenvalue weighted by atomic mass is 19.4. The van der Waals surface area contributed by atoms with Crippen molar-refractivity contribution in [1.82, 2.24) is 0 Å². The Bertz CT molecular complexity index is 482. The van der Waals surface area contributed by atoms with E-state index in [4.69, 9.17) is 9.84 Å². The zero-order valence-corrected chi connectivity index (χ0v) is 9.49. The zero-order chi connectivity index (χ0) is 13.5. The maximum absolute atomic E-state index is 12.7. The van der Waals surface area contributed by atoms with Gasteiger partial charge in [0.1, 0.15) is 11.7 Å². The first kappa shape index (κ1) is 12.7. The van der Waals surface area contributed by atoms with E-state index in [0.29, 0.717) is 5.56 Å². The number of aryl methyl sites for hydroxylation is 1. The quantitative estimate of drug-likeness (QED) is 0.844. The van der Waals surface area contributed by atoms with E-state index in [9.17, 15) is 18.0 Å². The summed E-state index contributed by atoms with van der Waals surface area (Å²) in [5, 5.41) is 8.89. The molecule has 0 amide bonds. The van der Waals surface area contributed by atoms with Crippen molar-refractivity contribution in [2.75, 3.05) is 0 Å². The first-order valence-corrected chi connectivity index (χ1v) is 5.35. The third-order valence-corrected chi connectivity index (χ3v) is 2.92. The molecule has 1 N–H and O–H groups in total. The molecular formula is C12H11F3O3. The maximum Gasteiger partial charge on any atom is 0.426 e. The van der Waals surface area contributed by atoms with Crippen molar-refractivity contribution in [3.63, 3.8) is 0 Å². The van der Waals surface area contributed by atoms with Gasteiger partial charge in [0.25, 0.3) is 0 Å². The number of carbonyl (C=O) groups is 1. The Morgan fingerprint density at radius 2 is 2.11 bits per heavy atom. The molecule has 0 saturated carbocycles. The van der Waals surface area contributed by atoms with E-state index >= 15 is 0 Å². The van der Waals surface area contributed by atoms with Crippen LogP contribution >= 0.6 is 0 Å². The predicted molar refractivity (Wildman–Crippen MR) is 56.5 cm³/mol. The van der Waals surface area contributed by atoms with Crippen LogP contribution in [-0.4, -0.2) is 23.4 Å². The Balaban J connectivity index is 2.40. The number of ether oxygens (including phenoxy) is 1. The minimum absolute atomic E-state index is 0.112. The van der Waals surface area contributed by atoms with E-state index in [1.165, 1.54) is 6.07 Å². The van der Waals surface area contributed by atoms with Crippen LogP contribution in [0.15, 0.2) is 18.2 Å². The molecule has 0 aliphatic carbocycles. The van der Waals surface area contributed by atoms with E-state index in [1.807, 2.05) is 0 Å². The van der Waals surface area contributed by atoms with Gasteiger partial charge in [-0.2, -0.15) is 13.2 Å². The van der Waals surface area contributed by atoms with Gasteiger partial charge in [-0.05, 0) is 25.0 Å². The van der Waals surface area contributed by atoms with E-state index in [0.717, 1.165) is 5.56 Å². The number of carboxylic acids is 1. The molecule has 1 aliphatic rings. The van der Waals surface area contributed by atoms with Crippen molar-refractivity contribution in [3.8, 4) is 5.75 Å². The van der Waals surface area contributed by atoms with E-state index in [2.05, 4.69) is 0 Å². The summed E-state index contributed by atoms with van der Waals surface area (Å²) in [6.45, 7) is 1.78. The van der Waals surface area contributed by atoms with Gasteiger partial charge >= 0.3 is 12.1 Å². The number of fused-ring (bicyclic) bond motifs is 1. The van der Waals surface area contributed by atoms with Gasteiger partial charge < -0.3 is 9.84 Å². The molecule has 0 bridgehead atoms. The van der Waals surface area contributed by atoms with Gasteiger partial charge in [-0.3, -0.25) is 4.79 Å². The molecule has 2 unspecified atom stereocenters. The number of alkyl halides is 3. The first-order chi connectivity index (χ1) is 8.29. The van der Waals surface area contributed by atoms with Gasteiger partial charge in [-0.25, -0.2) is 0 Å². The van der Waals surface area contributed by atoms with Gasteiger partial charge in [0.05, 0.1) is 0 Å². The first-order valence-electron chi connectivity index (χ1n) is 5.35. The monoisotopic (exact) mass is 260 g/mol. The van der Waals surface area contributed by atoms with Crippen molar-refractivity contribution in [2.45, 2.75) is 25.6 Å². The molecule has 2 atom stereocenters. The molecule has 0 aromatic heterocycles. The highest BCUT2D eigenvalue weighted by molar-refractivity contribution is 5.72. The SMILES string of the molecule is Cc1ccc2c(c1)CC(C(=O)O)C(C(F)(F)F)O2. The number of carboxylic acid groups (broad SMARTS) is 1. The summed E-state index contributed by atoms with van der Waals surface area (Å²) in [5.41, 5.74) is 1.36. The number of aliphatic carboxylic acids is 1. The summed E-state index contributed by atoms with van der Waals surface area (Å²) in [4.78, 5) is 10.9. The van der Waals surface area contributed by atoms with Crippen LogP contribution < -0.4 is 4.74 Å². The minimum Gasteiger partial charge on any atom is -0.481 e. The summed E-state index contributed by atoms with van der Waals surface area (Å²) in [5.74, 6) is -2.98. The van der Waals surface area contributed by atoms with Crippen molar-refractivity contribution in [3.05, 3.63) is 29.3 Å². The van der Waals surface area contributed by atoms with Crippen LogP contribution in [-0.2, 0) is 11.2 Å². The average molecular weight is 260 g/mol.